The van der Waals surface area contributed by atoms with Crippen LogP contribution in [0.2, 0.25) is 0 Å². The van der Waals surface area contributed by atoms with Crippen molar-refractivity contribution in [3.05, 3.63) is 39.8 Å². The molecule has 0 spiro atoms. The van der Waals surface area contributed by atoms with Crippen molar-refractivity contribution in [3.63, 3.8) is 0 Å². The molecule has 29 heavy (non-hydrogen) atoms. The number of hydrogen-bond acceptors (Lipinski definition) is 6. The second-order valence-corrected chi connectivity index (χ2v) is 8.09. The molecule has 0 bridgehead atoms. The molecule has 154 valence electrons. The van der Waals surface area contributed by atoms with Gasteiger partial charge >= 0.3 is 0 Å². The number of amides is 3. The van der Waals surface area contributed by atoms with Gasteiger partial charge in [-0.1, -0.05) is 36.0 Å². The summed E-state index contributed by atoms with van der Waals surface area (Å²) in [4.78, 5) is 39.0. The highest BCUT2D eigenvalue weighted by atomic mass is 32.1. The van der Waals surface area contributed by atoms with Crippen LogP contribution in [0.3, 0.4) is 0 Å². The Morgan fingerprint density at radius 2 is 1.90 bits per heavy atom. The van der Waals surface area contributed by atoms with E-state index in [1.807, 2.05) is 26.0 Å². The van der Waals surface area contributed by atoms with Crippen molar-refractivity contribution in [1.82, 2.24) is 20.4 Å². The Balaban J connectivity index is 1.61. The van der Waals surface area contributed by atoms with E-state index >= 15 is 0 Å². The zero-order chi connectivity index (χ0) is 20.8. The van der Waals surface area contributed by atoms with E-state index in [1.165, 1.54) is 0 Å². The summed E-state index contributed by atoms with van der Waals surface area (Å²) in [5, 5.41) is 13.7. The molecular formula is C20H25N5O3S. The average molecular weight is 416 g/mol. The van der Waals surface area contributed by atoms with Crippen molar-refractivity contribution in [2.75, 3.05) is 25.0 Å². The van der Waals surface area contributed by atoms with Gasteiger partial charge in [0.05, 0.1) is 5.92 Å². The SMILES string of the molecule is CCCNC(=O)[C@H]1CCCN(C(=O)c2nnc(C(=O)Nc3ccc(C)cc3)s2)C1. The Morgan fingerprint density at radius 1 is 1.17 bits per heavy atom. The summed E-state index contributed by atoms with van der Waals surface area (Å²) in [5.41, 5.74) is 1.75. The molecule has 1 aromatic heterocycles. The highest BCUT2D eigenvalue weighted by Gasteiger charge is 2.30. The average Bonchev–Trinajstić information content (AvgIpc) is 3.23. The third-order valence-electron chi connectivity index (χ3n) is 4.74. The number of hydrogen-bond donors (Lipinski definition) is 2. The fourth-order valence-electron chi connectivity index (χ4n) is 3.13. The number of aryl methyl sites for hydroxylation is 1. The fraction of sp³-hybridized carbons (Fsp3) is 0.450. The van der Waals surface area contributed by atoms with Crippen molar-refractivity contribution < 1.29 is 14.4 Å². The Labute approximate surface area is 173 Å². The first kappa shape index (κ1) is 20.9. The lowest BCUT2D eigenvalue weighted by atomic mass is 9.97. The van der Waals surface area contributed by atoms with E-state index in [0.717, 1.165) is 36.2 Å². The number of nitrogens with one attached hydrogen (secondary N) is 2. The summed E-state index contributed by atoms with van der Waals surface area (Å²) < 4.78 is 0. The Hall–Kier alpha value is -2.81. The van der Waals surface area contributed by atoms with Crippen molar-refractivity contribution >= 4 is 34.7 Å². The maximum Gasteiger partial charge on any atom is 0.286 e. The van der Waals surface area contributed by atoms with Crippen LogP contribution < -0.4 is 10.6 Å². The molecule has 1 saturated heterocycles. The minimum Gasteiger partial charge on any atom is -0.356 e. The number of piperidine rings is 1. The van der Waals surface area contributed by atoms with E-state index in [2.05, 4.69) is 20.8 Å². The minimum absolute atomic E-state index is 0.0141. The van der Waals surface area contributed by atoms with Crippen molar-refractivity contribution in [1.29, 1.82) is 0 Å². The molecular weight excluding hydrogens is 390 g/mol. The largest absolute Gasteiger partial charge is 0.356 e. The smallest absolute Gasteiger partial charge is 0.286 e. The number of anilines is 1. The third kappa shape index (κ3) is 5.38. The molecule has 1 aliphatic heterocycles. The number of likely N-dealkylation sites (tertiary alicyclic amines) is 1. The Morgan fingerprint density at radius 3 is 2.62 bits per heavy atom. The van der Waals surface area contributed by atoms with Gasteiger partial charge < -0.3 is 15.5 Å². The maximum atomic E-state index is 12.8. The molecule has 2 heterocycles. The van der Waals surface area contributed by atoms with Crippen LogP contribution in [0, 0.1) is 12.8 Å². The topological polar surface area (TPSA) is 104 Å². The molecule has 1 aromatic carbocycles. The predicted octanol–water partition coefficient (Wildman–Crippen LogP) is 2.48. The fourth-order valence-corrected chi connectivity index (χ4v) is 3.83. The van der Waals surface area contributed by atoms with Crippen LogP contribution in [0.1, 0.15) is 51.4 Å². The highest BCUT2D eigenvalue weighted by Crippen LogP contribution is 2.21. The van der Waals surface area contributed by atoms with Crippen LogP contribution in [0.15, 0.2) is 24.3 Å². The predicted molar refractivity (Wildman–Crippen MR) is 111 cm³/mol. The lowest BCUT2D eigenvalue weighted by molar-refractivity contribution is -0.126. The molecule has 8 nitrogen and oxygen atoms in total. The van der Waals surface area contributed by atoms with Crippen LogP contribution >= 0.6 is 11.3 Å². The van der Waals surface area contributed by atoms with E-state index in [4.69, 9.17) is 0 Å². The molecule has 1 aliphatic rings. The van der Waals surface area contributed by atoms with Crippen molar-refractivity contribution in [3.8, 4) is 0 Å². The Bertz CT molecular complexity index is 880. The second kappa shape index (κ2) is 9.60. The van der Waals surface area contributed by atoms with Gasteiger partial charge in [-0.2, -0.15) is 0 Å². The van der Waals surface area contributed by atoms with E-state index < -0.39 is 5.91 Å². The summed E-state index contributed by atoms with van der Waals surface area (Å²) in [5.74, 6) is -0.915. The van der Waals surface area contributed by atoms with Gasteiger partial charge in [0.15, 0.2) is 0 Å². The van der Waals surface area contributed by atoms with E-state index in [0.29, 0.717) is 25.3 Å². The van der Waals surface area contributed by atoms with Crippen LogP contribution in [0.5, 0.6) is 0 Å². The molecule has 9 heteroatoms. The molecule has 0 unspecified atom stereocenters. The van der Waals surface area contributed by atoms with Crippen molar-refractivity contribution in [2.24, 2.45) is 5.92 Å². The minimum atomic E-state index is -0.402. The van der Waals surface area contributed by atoms with Gasteiger partial charge in [0.1, 0.15) is 0 Å². The summed E-state index contributed by atoms with van der Waals surface area (Å²) in [6.45, 7) is 5.53. The quantitative estimate of drug-likeness (QED) is 0.754. The maximum absolute atomic E-state index is 12.8. The summed E-state index contributed by atoms with van der Waals surface area (Å²) in [7, 11) is 0. The number of carbonyl (C=O) groups excluding carboxylic acids is 3. The molecule has 0 aliphatic carbocycles. The third-order valence-corrected chi connectivity index (χ3v) is 5.65. The Kier molecular flexibility index (Phi) is 6.92. The molecule has 2 aromatic rings. The molecule has 0 radical (unpaired) electrons. The van der Waals surface area contributed by atoms with Crippen molar-refractivity contribution in [2.45, 2.75) is 33.1 Å². The second-order valence-electron chi connectivity index (χ2n) is 7.11. The number of aromatic nitrogens is 2. The van der Waals surface area contributed by atoms with Gasteiger partial charge in [0, 0.05) is 25.3 Å². The van der Waals surface area contributed by atoms with Crippen LogP contribution in [0.4, 0.5) is 5.69 Å². The first-order valence-electron chi connectivity index (χ1n) is 9.76. The van der Waals surface area contributed by atoms with E-state index in [9.17, 15) is 14.4 Å². The number of rotatable bonds is 6. The lowest BCUT2D eigenvalue weighted by Gasteiger charge is -2.31. The van der Waals surface area contributed by atoms with Crippen LogP contribution in [0.25, 0.3) is 0 Å². The molecule has 3 amide bonds. The van der Waals surface area contributed by atoms with E-state index in [-0.39, 0.29) is 27.7 Å². The molecule has 0 saturated carbocycles. The molecule has 2 N–H and O–H groups in total. The molecule has 1 atom stereocenters. The zero-order valence-electron chi connectivity index (χ0n) is 16.6. The monoisotopic (exact) mass is 415 g/mol. The summed E-state index contributed by atoms with van der Waals surface area (Å²) in [6.07, 6.45) is 2.40. The lowest BCUT2D eigenvalue weighted by Crippen LogP contribution is -2.45. The highest BCUT2D eigenvalue weighted by molar-refractivity contribution is 7.15. The number of nitrogens with zero attached hydrogens (tertiary/aromatic N) is 3. The number of benzene rings is 1. The summed E-state index contributed by atoms with van der Waals surface area (Å²) >= 11 is 0.963. The van der Waals surface area contributed by atoms with Crippen LogP contribution in [-0.2, 0) is 4.79 Å². The van der Waals surface area contributed by atoms with Gasteiger partial charge in [-0.25, -0.2) is 0 Å². The first-order chi connectivity index (χ1) is 14.0. The van der Waals surface area contributed by atoms with Gasteiger partial charge in [-0.05, 0) is 38.3 Å². The standard InChI is InChI=1S/C20H25N5O3S/c1-3-10-21-16(26)14-5-4-11-25(12-14)20(28)19-24-23-18(29-19)17(27)22-15-8-6-13(2)7-9-15/h6-9,14H,3-5,10-12H2,1-2H3,(H,21,26)(H,22,27)/t14-/m0/s1. The van der Waals surface area contributed by atoms with Gasteiger partial charge in [0.2, 0.25) is 15.9 Å². The summed E-state index contributed by atoms with van der Waals surface area (Å²) in [6, 6.07) is 7.40. The normalized spacial score (nSPS) is 16.3. The number of carbonyl (C=O) groups is 3. The molecule has 1 fully saturated rings. The van der Waals surface area contributed by atoms with Crippen LogP contribution in [-0.4, -0.2) is 52.5 Å². The first-order valence-corrected chi connectivity index (χ1v) is 10.6. The zero-order valence-corrected chi connectivity index (χ0v) is 17.4. The van der Waals surface area contributed by atoms with E-state index in [1.54, 1.807) is 17.0 Å². The molecule has 3 rings (SSSR count). The van der Waals surface area contributed by atoms with Gasteiger partial charge in [-0.15, -0.1) is 10.2 Å². The van der Waals surface area contributed by atoms with Gasteiger partial charge in [0.25, 0.3) is 11.8 Å². The van der Waals surface area contributed by atoms with Gasteiger partial charge in [-0.3, -0.25) is 14.4 Å².